The fourth-order valence-electron chi connectivity index (χ4n) is 1.80. The number of rotatable bonds is 6. The molecule has 1 heterocycles. The molecule has 2 N–H and O–H groups in total. The van der Waals surface area contributed by atoms with Crippen molar-refractivity contribution in [1.82, 2.24) is 5.16 Å². The maximum Gasteiger partial charge on any atom is 0.174 e. The van der Waals surface area contributed by atoms with Crippen molar-refractivity contribution in [2.45, 2.75) is 39.3 Å². The van der Waals surface area contributed by atoms with Crippen LogP contribution in [0.4, 0.5) is 0 Å². The van der Waals surface area contributed by atoms with Crippen LogP contribution < -0.4 is 10.5 Å². The van der Waals surface area contributed by atoms with Crippen molar-refractivity contribution < 1.29 is 9.26 Å². The number of aromatic nitrogens is 1. The van der Waals surface area contributed by atoms with E-state index in [4.69, 9.17) is 15.0 Å². The summed E-state index contributed by atoms with van der Waals surface area (Å²) in [6, 6.07) is 10.0. The number of hydrogen-bond acceptors (Lipinski definition) is 4. The van der Waals surface area contributed by atoms with Crippen LogP contribution in [0.25, 0.3) is 0 Å². The molecule has 1 aromatic heterocycles. The normalized spacial score (nSPS) is 12.4. The van der Waals surface area contributed by atoms with Gasteiger partial charge in [-0.1, -0.05) is 31.1 Å². The Morgan fingerprint density at radius 2 is 2.05 bits per heavy atom. The lowest BCUT2D eigenvalue weighted by molar-refractivity contribution is 0.248. The number of nitrogens with two attached hydrogens (primary N) is 1. The van der Waals surface area contributed by atoms with Crippen LogP contribution in [0.1, 0.15) is 43.2 Å². The second-order valence-corrected chi connectivity index (χ2v) is 4.66. The van der Waals surface area contributed by atoms with Crippen LogP contribution in [-0.4, -0.2) is 5.16 Å². The Morgan fingerprint density at radius 1 is 1.32 bits per heavy atom. The molecule has 0 amide bonds. The molecule has 0 aliphatic rings. The van der Waals surface area contributed by atoms with Gasteiger partial charge in [-0.3, -0.25) is 0 Å². The van der Waals surface area contributed by atoms with E-state index in [2.05, 4.69) is 31.1 Å². The van der Waals surface area contributed by atoms with Gasteiger partial charge in [0.05, 0.1) is 5.69 Å². The maximum absolute atomic E-state index is 5.64. The van der Waals surface area contributed by atoms with Gasteiger partial charge in [0.15, 0.2) is 5.76 Å². The van der Waals surface area contributed by atoms with E-state index in [1.54, 1.807) is 0 Å². The Hall–Kier alpha value is -1.81. The van der Waals surface area contributed by atoms with E-state index in [0.29, 0.717) is 24.8 Å². The average molecular weight is 260 g/mol. The van der Waals surface area contributed by atoms with Crippen molar-refractivity contribution in [1.29, 1.82) is 0 Å². The third kappa shape index (κ3) is 3.58. The summed E-state index contributed by atoms with van der Waals surface area (Å²) in [6.07, 6.45) is 1.14. The van der Waals surface area contributed by atoms with E-state index in [-0.39, 0.29) is 0 Å². The van der Waals surface area contributed by atoms with E-state index < -0.39 is 0 Å². The van der Waals surface area contributed by atoms with Gasteiger partial charge in [-0.05, 0) is 30.0 Å². The number of nitrogens with zero attached hydrogens (tertiary/aromatic N) is 1. The lowest BCUT2D eigenvalue weighted by Crippen LogP contribution is -1.96. The number of ether oxygens (including phenoxy) is 1. The molecule has 1 aromatic carbocycles. The lowest BCUT2D eigenvalue weighted by Gasteiger charge is -2.10. The Bertz CT molecular complexity index is 505. The van der Waals surface area contributed by atoms with Gasteiger partial charge in [-0.15, -0.1) is 0 Å². The van der Waals surface area contributed by atoms with Crippen LogP contribution in [0.5, 0.6) is 5.75 Å². The standard InChI is InChI=1S/C15H20N2O2/c1-3-11(2)12-4-6-14(7-5-12)18-10-15-8-13(9-16)17-19-15/h4-8,11H,3,9-10,16H2,1-2H3. The molecule has 2 rings (SSSR count). The number of hydrogen-bond donors (Lipinski definition) is 1. The second-order valence-electron chi connectivity index (χ2n) is 4.66. The predicted octanol–water partition coefficient (Wildman–Crippen LogP) is 3.23. The van der Waals surface area contributed by atoms with Crippen LogP contribution in [0.2, 0.25) is 0 Å². The van der Waals surface area contributed by atoms with E-state index in [1.807, 2.05) is 18.2 Å². The summed E-state index contributed by atoms with van der Waals surface area (Å²) in [7, 11) is 0. The van der Waals surface area contributed by atoms with Crippen molar-refractivity contribution in [2.24, 2.45) is 5.73 Å². The Balaban J connectivity index is 1.92. The van der Waals surface area contributed by atoms with Gasteiger partial charge >= 0.3 is 0 Å². The van der Waals surface area contributed by atoms with Crippen molar-refractivity contribution in [2.75, 3.05) is 0 Å². The predicted molar refractivity (Wildman–Crippen MR) is 73.9 cm³/mol. The molecule has 1 atom stereocenters. The van der Waals surface area contributed by atoms with Crippen molar-refractivity contribution in [3.63, 3.8) is 0 Å². The highest BCUT2D eigenvalue weighted by molar-refractivity contribution is 5.29. The quantitative estimate of drug-likeness (QED) is 0.866. The molecule has 4 nitrogen and oxygen atoms in total. The fraction of sp³-hybridized carbons (Fsp3) is 0.400. The van der Waals surface area contributed by atoms with Gasteiger partial charge in [0.2, 0.25) is 0 Å². The van der Waals surface area contributed by atoms with E-state index in [9.17, 15) is 0 Å². The molecule has 102 valence electrons. The molecule has 4 heteroatoms. The minimum atomic E-state index is 0.371. The topological polar surface area (TPSA) is 61.3 Å². The molecule has 0 spiro atoms. The maximum atomic E-state index is 5.64. The van der Waals surface area contributed by atoms with Crippen LogP contribution in [0, 0.1) is 0 Å². The van der Waals surface area contributed by atoms with Crippen LogP contribution in [-0.2, 0) is 13.2 Å². The zero-order valence-electron chi connectivity index (χ0n) is 11.4. The third-order valence-corrected chi connectivity index (χ3v) is 3.26. The summed E-state index contributed by atoms with van der Waals surface area (Å²) < 4.78 is 10.7. The molecule has 0 fully saturated rings. The minimum absolute atomic E-state index is 0.371. The molecule has 0 aliphatic heterocycles. The van der Waals surface area contributed by atoms with E-state index in [0.717, 1.165) is 17.9 Å². The lowest BCUT2D eigenvalue weighted by atomic mass is 9.99. The summed E-state index contributed by atoms with van der Waals surface area (Å²) in [6.45, 7) is 5.16. The Labute approximate surface area is 113 Å². The summed E-state index contributed by atoms with van der Waals surface area (Å²) in [5.74, 6) is 2.10. The fourth-order valence-corrected chi connectivity index (χ4v) is 1.80. The van der Waals surface area contributed by atoms with E-state index in [1.165, 1.54) is 5.56 Å². The largest absolute Gasteiger partial charge is 0.486 e. The van der Waals surface area contributed by atoms with E-state index >= 15 is 0 Å². The molecular weight excluding hydrogens is 240 g/mol. The highest BCUT2D eigenvalue weighted by Crippen LogP contribution is 2.22. The monoisotopic (exact) mass is 260 g/mol. The van der Waals surface area contributed by atoms with Crippen LogP contribution in [0.15, 0.2) is 34.9 Å². The van der Waals surface area contributed by atoms with Gasteiger partial charge in [0.25, 0.3) is 0 Å². The van der Waals surface area contributed by atoms with Gasteiger partial charge < -0.3 is 15.0 Å². The Kier molecular flexibility index (Phi) is 4.58. The summed E-state index contributed by atoms with van der Waals surface area (Å²) in [5, 5.41) is 3.82. The molecule has 0 bridgehead atoms. The molecule has 0 radical (unpaired) electrons. The van der Waals surface area contributed by atoms with Crippen LogP contribution in [0.3, 0.4) is 0 Å². The SMILES string of the molecule is CCC(C)c1ccc(OCc2cc(CN)no2)cc1. The molecule has 19 heavy (non-hydrogen) atoms. The van der Waals surface area contributed by atoms with Gasteiger partial charge in [0.1, 0.15) is 12.4 Å². The summed E-state index contributed by atoms with van der Waals surface area (Å²) in [4.78, 5) is 0. The highest BCUT2D eigenvalue weighted by atomic mass is 16.5. The first-order chi connectivity index (χ1) is 9.22. The highest BCUT2D eigenvalue weighted by Gasteiger charge is 2.05. The smallest absolute Gasteiger partial charge is 0.174 e. The van der Waals surface area contributed by atoms with Crippen molar-refractivity contribution >= 4 is 0 Å². The molecule has 0 aliphatic carbocycles. The first kappa shape index (κ1) is 13.6. The summed E-state index contributed by atoms with van der Waals surface area (Å²) in [5.41, 5.74) is 7.54. The van der Waals surface area contributed by atoms with Gasteiger partial charge in [0, 0.05) is 12.6 Å². The average Bonchev–Trinajstić information content (AvgIpc) is 2.93. The second kappa shape index (κ2) is 6.38. The number of benzene rings is 1. The van der Waals surface area contributed by atoms with Crippen molar-refractivity contribution in [3.05, 3.63) is 47.3 Å². The van der Waals surface area contributed by atoms with Gasteiger partial charge in [-0.25, -0.2) is 0 Å². The zero-order chi connectivity index (χ0) is 13.7. The summed E-state index contributed by atoms with van der Waals surface area (Å²) >= 11 is 0. The third-order valence-electron chi connectivity index (χ3n) is 3.26. The Morgan fingerprint density at radius 3 is 2.63 bits per heavy atom. The molecular formula is C15H20N2O2. The molecule has 1 unspecified atom stereocenters. The molecule has 0 saturated heterocycles. The molecule has 0 saturated carbocycles. The van der Waals surface area contributed by atoms with Gasteiger partial charge in [-0.2, -0.15) is 0 Å². The first-order valence-corrected chi connectivity index (χ1v) is 6.60. The zero-order valence-corrected chi connectivity index (χ0v) is 11.4. The van der Waals surface area contributed by atoms with Crippen LogP contribution >= 0.6 is 0 Å². The van der Waals surface area contributed by atoms with Crippen molar-refractivity contribution in [3.8, 4) is 5.75 Å². The first-order valence-electron chi connectivity index (χ1n) is 6.60. The molecule has 2 aromatic rings. The minimum Gasteiger partial charge on any atom is -0.486 e.